The summed E-state index contributed by atoms with van der Waals surface area (Å²) in [5, 5.41) is 0. The fourth-order valence-electron chi connectivity index (χ4n) is 1.73. The van der Waals surface area contributed by atoms with E-state index in [1.54, 1.807) is 12.1 Å². The Morgan fingerprint density at radius 2 is 1.67 bits per heavy atom. The largest absolute Gasteiger partial charge is 0.492 e. The Kier molecular flexibility index (Phi) is 5.78. The van der Waals surface area contributed by atoms with Gasteiger partial charge in [0, 0.05) is 11.0 Å². The first-order valence-electron chi connectivity index (χ1n) is 6.45. The second-order valence-corrected chi connectivity index (χ2v) is 7.16. The molecule has 0 saturated carbocycles. The zero-order chi connectivity index (χ0) is 15.1. The number of hydrogen-bond acceptors (Lipinski definition) is 3. The molecule has 2 aromatic carbocycles. The maximum Gasteiger partial charge on any atom is 0.215 e. The third kappa shape index (κ3) is 5.87. The van der Waals surface area contributed by atoms with E-state index in [-0.39, 0.29) is 12.3 Å². The molecule has 0 aliphatic heterocycles. The van der Waals surface area contributed by atoms with Gasteiger partial charge in [0.2, 0.25) is 10.0 Å². The van der Waals surface area contributed by atoms with Crippen LogP contribution in [0.2, 0.25) is 0 Å². The van der Waals surface area contributed by atoms with Gasteiger partial charge in [0.15, 0.2) is 0 Å². The van der Waals surface area contributed by atoms with Crippen molar-refractivity contribution in [2.45, 2.75) is 5.75 Å². The van der Waals surface area contributed by atoms with E-state index in [1.807, 2.05) is 42.5 Å². The molecule has 0 heterocycles. The molecule has 0 spiro atoms. The molecule has 0 atom stereocenters. The Morgan fingerprint density at radius 1 is 1.00 bits per heavy atom. The molecule has 0 saturated heterocycles. The van der Waals surface area contributed by atoms with Crippen molar-refractivity contribution in [2.24, 2.45) is 0 Å². The van der Waals surface area contributed by atoms with Gasteiger partial charge in [-0.15, -0.1) is 0 Å². The first-order chi connectivity index (χ1) is 10.1. The zero-order valence-electron chi connectivity index (χ0n) is 11.3. The molecule has 0 bridgehead atoms. The van der Waals surface area contributed by atoms with Gasteiger partial charge < -0.3 is 4.74 Å². The molecule has 0 aliphatic carbocycles. The van der Waals surface area contributed by atoms with Gasteiger partial charge >= 0.3 is 0 Å². The van der Waals surface area contributed by atoms with Crippen molar-refractivity contribution in [1.29, 1.82) is 0 Å². The summed E-state index contributed by atoms with van der Waals surface area (Å²) in [7, 11) is -3.35. The predicted octanol–water partition coefficient (Wildman–Crippen LogP) is 2.95. The molecule has 112 valence electrons. The van der Waals surface area contributed by atoms with Crippen LogP contribution >= 0.6 is 15.9 Å². The van der Waals surface area contributed by atoms with Gasteiger partial charge in [0.25, 0.3) is 0 Å². The van der Waals surface area contributed by atoms with Crippen LogP contribution in [0.25, 0.3) is 0 Å². The van der Waals surface area contributed by atoms with Crippen LogP contribution in [-0.4, -0.2) is 21.6 Å². The van der Waals surface area contributed by atoms with Crippen molar-refractivity contribution in [3.8, 4) is 5.75 Å². The minimum absolute atomic E-state index is 0.0361. The molecule has 0 amide bonds. The lowest BCUT2D eigenvalue weighted by Crippen LogP contribution is -2.29. The summed E-state index contributed by atoms with van der Waals surface area (Å²) in [6.07, 6.45) is 0. The number of hydrogen-bond donors (Lipinski definition) is 1. The van der Waals surface area contributed by atoms with Crippen LogP contribution in [0.15, 0.2) is 59.1 Å². The lowest BCUT2D eigenvalue weighted by atomic mass is 10.2. The first kappa shape index (κ1) is 16.0. The monoisotopic (exact) mass is 369 g/mol. The molecule has 2 aromatic rings. The van der Waals surface area contributed by atoms with Crippen LogP contribution in [0.5, 0.6) is 5.75 Å². The zero-order valence-corrected chi connectivity index (χ0v) is 13.7. The van der Waals surface area contributed by atoms with Crippen LogP contribution in [0.4, 0.5) is 0 Å². The summed E-state index contributed by atoms with van der Waals surface area (Å²) in [5.74, 6) is 0.690. The molecule has 4 nitrogen and oxygen atoms in total. The van der Waals surface area contributed by atoms with Crippen molar-refractivity contribution < 1.29 is 13.2 Å². The van der Waals surface area contributed by atoms with Gasteiger partial charge in [0.05, 0.1) is 5.75 Å². The van der Waals surface area contributed by atoms with Gasteiger partial charge in [-0.2, -0.15) is 0 Å². The van der Waals surface area contributed by atoms with Gasteiger partial charge in [0.1, 0.15) is 12.4 Å². The SMILES string of the molecule is O=S(=O)(Cc1ccc(Br)cc1)NCCOc1ccccc1. The summed E-state index contributed by atoms with van der Waals surface area (Å²) in [4.78, 5) is 0. The minimum Gasteiger partial charge on any atom is -0.492 e. The number of para-hydroxylation sites is 1. The number of ether oxygens (including phenoxy) is 1. The van der Waals surface area contributed by atoms with Gasteiger partial charge in [-0.25, -0.2) is 13.1 Å². The molecule has 0 radical (unpaired) electrons. The number of sulfonamides is 1. The van der Waals surface area contributed by atoms with Crippen LogP contribution in [0, 0.1) is 0 Å². The van der Waals surface area contributed by atoms with Gasteiger partial charge in [-0.05, 0) is 29.8 Å². The van der Waals surface area contributed by atoms with E-state index >= 15 is 0 Å². The third-order valence-corrected chi connectivity index (χ3v) is 4.59. The summed E-state index contributed by atoms with van der Waals surface area (Å²) < 4.78 is 32.7. The van der Waals surface area contributed by atoms with E-state index in [0.29, 0.717) is 6.61 Å². The lowest BCUT2D eigenvalue weighted by Gasteiger charge is -2.08. The second kappa shape index (κ2) is 7.59. The maximum absolute atomic E-state index is 11.9. The van der Waals surface area contributed by atoms with Crippen LogP contribution in [0.3, 0.4) is 0 Å². The van der Waals surface area contributed by atoms with Crippen molar-refractivity contribution in [3.05, 3.63) is 64.6 Å². The summed E-state index contributed by atoms with van der Waals surface area (Å²) in [5.41, 5.74) is 0.745. The Labute approximate surface area is 133 Å². The van der Waals surface area contributed by atoms with Crippen LogP contribution < -0.4 is 9.46 Å². The molecule has 6 heteroatoms. The van der Waals surface area contributed by atoms with Crippen LogP contribution in [0.1, 0.15) is 5.56 Å². The molecule has 0 unspecified atom stereocenters. The Hall–Kier alpha value is -1.37. The average Bonchev–Trinajstić information content (AvgIpc) is 2.47. The fraction of sp³-hybridized carbons (Fsp3) is 0.200. The highest BCUT2D eigenvalue weighted by Crippen LogP contribution is 2.12. The van der Waals surface area contributed by atoms with Crippen molar-refractivity contribution >= 4 is 26.0 Å². The molecule has 0 aromatic heterocycles. The number of halogens is 1. The van der Waals surface area contributed by atoms with E-state index in [1.165, 1.54) is 0 Å². The van der Waals surface area contributed by atoms with Crippen molar-refractivity contribution in [1.82, 2.24) is 4.72 Å². The quantitative estimate of drug-likeness (QED) is 0.763. The smallest absolute Gasteiger partial charge is 0.215 e. The number of nitrogens with one attached hydrogen (secondary N) is 1. The molecule has 21 heavy (non-hydrogen) atoms. The molecule has 0 fully saturated rings. The fourth-order valence-corrected chi connectivity index (χ4v) is 3.13. The molecule has 0 aliphatic rings. The molecule has 2 rings (SSSR count). The first-order valence-corrected chi connectivity index (χ1v) is 8.89. The Balaban J connectivity index is 1.77. The Morgan fingerprint density at radius 3 is 2.33 bits per heavy atom. The highest BCUT2D eigenvalue weighted by atomic mass is 79.9. The number of benzene rings is 2. The van der Waals surface area contributed by atoms with Gasteiger partial charge in [-0.1, -0.05) is 46.3 Å². The topological polar surface area (TPSA) is 55.4 Å². The van der Waals surface area contributed by atoms with E-state index in [0.717, 1.165) is 15.8 Å². The normalized spacial score (nSPS) is 11.3. The summed E-state index contributed by atoms with van der Waals surface area (Å²) in [6, 6.07) is 16.5. The highest BCUT2D eigenvalue weighted by molar-refractivity contribution is 9.10. The van der Waals surface area contributed by atoms with E-state index in [4.69, 9.17) is 4.74 Å². The van der Waals surface area contributed by atoms with E-state index in [2.05, 4.69) is 20.7 Å². The van der Waals surface area contributed by atoms with Gasteiger partial charge in [-0.3, -0.25) is 0 Å². The lowest BCUT2D eigenvalue weighted by molar-refractivity contribution is 0.323. The number of rotatable bonds is 7. The van der Waals surface area contributed by atoms with E-state index in [9.17, 15) is 8.42 Å². The highest BCUT2D eigenvalue weighted by Gasteiger charge is 2.10. The standard InChI is InChI=1S/C15H16BrNO3S/c16-14-8-6-13(7-9-14)12-21(18,19)17-10-11-20-15-4-2-1-3-5-15/h1-9,17H,10-12H2. The van der Waals surface area contributed by atoms with Crippen molar-refractivity contribution in [2.75, 3.05) is 13.2 Å². The van der Waals surface area contributed by atoms with E-state index < -0.39 is 10.0 Å². The maximum atomic E-state index is 11.9. The second-order valence-electron chi connectivity index (χ2n) is 4.44. The summed E-state index contributed by atoms with van der Waals surface area (Å²) >= 11 is 3.32. The van der Waals surface area contributed by atoms with Crippen LogP contribution in [-0.2, 0) is 15.8 Å². The molecular formula is C15H16BrNO3S. The predicted molar refractivity (Wildman–Crippen MR) is 86.7 cm³/mol. The minimum atomic E-state index is -3.35. The Bertz CT molecular complexity index is 657. The molecule has 1 N–H and O–H groups in total. The third-order valence-electron chi connectivity index (χ3n) is 2.71. The summed E-state index contributed by atoms with van der Waals surface area (Å²) in [6.45, 7) is 0.539. The van der Waals surface area contributed by atoms with Crippen molar-refractivity contribution in [3.63, 3.8) is 0 Å². The molecular weight excluding hydrogens is 354 g/mol. The average molecular weight is 370 g/mol.